The molecule has 9 aromatic heterocycles. The SMILES string of the molecule is CC(c1ccccc1)n1cnc2c(-c3cccc(O)c3)nc(N3CCOCC3)nc21.Cc1cc(F)cc(Cn2cnc3c(-c4cccc(O)c4)nc(N4CCOCC4)nc32)c1.Nc1ccc(-c2nc(N3CCOCC3)nc3c2ncn3Cc2ccccc2)cc1N.c1ccc(Cn2cnc3c(-c4ccc5n[nH]nc5c4)nc(N4CCOCC4)nc32)cc1. The Morgan fingerprint density at radius 2 is 0.762 bits per heavy atom. The number of aromatic amines is 1. The Bertz CT molecular complexity index is 6500. The van der Waals surface area contributed by atoms with Gasteiger partial charge < -0.3 is 78.5 Å². The van der Waals surface area contributed by atoms with Gasteiger partial charge in [0.05, 0.1) is 115 Å². The Morgan fingerprint density at radius 3 is 1.20 bits per heavy atom. The molecule has 1 unspecified atom stereocenters. The van der Waals surface area contributed by atoms with Crippen LogP contribution in [0, 0.1) is 12.7 Å². The van der Waals surface area contributed by atoms with Gasteiger partial charge in [-0.15, -0.1) is 0 Å². The highest BCUT2D eigenvalue weighted by Gasteiger charge is 2.28. The van der Waals surface area contributed by atoms with Crippen molar-refractivity contribution in [2.24, 2.45) is 0 Å². The molecule has 4 aliphatic rings. The molecule has 4 aliphatic heterocycles. The van der Waals surface area contributed by atoms with Crippen molar-refractivity contribution in [2.75, 3.05) is 136 Å². The van der Waals surface area contributed by atoms with E-state index in [4.69, 9.17) is 75.3 Å². The molecular formula is C90H88FN25O6. The van der Waals surface area contributed by atoms with Crippen molar-refractivity contribution in [3.05, 3.63) is 253 Å². The molecule has 4 saturated heterocycles. The molecule has 4 fully saturated rings. The maximum Gasteiger partial charge on any atom is 0.228 e. The number of nitrogens with zero attached hydrogens (tertiary/aromatic N) is 22. The van der Waals surface area contributed by atoms with Crippen LogP contribution in [0.25, 0.3) is 101 Å². The number of fused-ring (bicyclic) bond motifs is 5. The summed E-state index contributed by atoms with van der Waals surface area (Å²) in [5, 5.41) is 31.0. The summed E-state index contributed by atoms with van der Waals surface area (Å²) in [6.07, 6.45) is 7.19. The average Bonchev–Trinajstić information content (AvgIpc) is 1.58. The zero-order chi connectivity index (χ0) is 83.0. The minimum absolute atomic E-state index is 0.0701. The lowest BCUT2D eigenvalue weighted by Crippen LogP contribution is -2.37. The van der Waals surface area contributed by atoms with Gasteiger partial charge in [0, 0.05) is 74.6 Å². The van der Waals surface area contributed by atoms with E-state index in [1.165, 1.54) is 28.8 Å². The molecule has 17 aromatic rings. The number of aromatic nitrogens is 19. The number of aryl methyl sites for hydroxylation is 1. The molecule has 1 atom stereocenters. The number of benzene rings is 8. The molecule has 0 amide bonds. The van der Waals surface area contributed by atoms with Gasteiger partial charge in [-0.1, -0.05) is 133 Å². The van der Waals surface area contributed by atoms with Gasteiger partial charge in [0.15, 0.2) is 22.6 Å². The number of anilines is 6. The molecule has 31 nitrogen and oxygen atoms in total. The third-order valence-electron chi connectivity index (χ3n) is 21.7. The number of halogens is 1. The van der Waals surface area contributed by atoms with Crippen LogP contribution in [-0.4, -0.2) is 209 Å². The zero-order valence-corrected chi connectivity index (χ0v) is 67.2. The molecule has 0 spiro atoms. The number of phenolic OH excluding ortho intramolecular Hbond substituents is 2. The summed E-state index contributed by atoms with van der Waals surface area (Å²) in [5.74, 6) is 2.71. The Balaban J connectivity index is 0.000000111. The summed E-state index contributed by atoms with van der Waals surface area (Å²) in [6.45, 7) is 16.9. The van der Waals surface area contributed by atoms with Crippen LogP contribution in [0.5, 0.6) is 11.5 Å². The summed E-state index contributed by atoms with van der Waals surface area (Å²) in [4.78, 5) is 66.1. The van der Waals surface area contributed by atoms with Crippen LogP contribution in [0.2, 0.25) is 0 Å². The molecule has 616 valence electrons. The molecule has 122 heavy (non-hydrogen) atoms. The quantitative estimate of drug-likeness (QED) is 0.0561. The van der Waals surface area contributed by atoms with E-state index in [0.717, 1.165) is 134 Å². The molecule has 32 heteroatoms. The number of hydrogen-bond acceptors (Lipinski definition) is 26. The fourth-order valence-corrected chi connectivity index (χ4v) is 15.3. The summed E-state index contributed by atoms with van der Waals surface area (Å²) in [6, 6.07) is 61.5. The number of phenols is 2. The maximum atomic E-state index is 13.9. The first-order valence-electron chi connectivity index (χ1n) is 40.5. The third kappa shape index (κ3) is 17.4. The van der Waals surface area contributed by atoms with Gasteiger partial charge in [-0.05, 0) is 102 Å². The smallest absolute Gasteiger partial charge is 0.228 e. The van der Waals surface area contributed by atoms with Gasteiger partial charge in [-0.2, -0.15) is 35.3 Å². The van der Waals surface area contributed by atoms with E-state index in [2.05, 4.69) is 107 Å². The fraction of sp³-hybridized carbons (Fsp3) is 0.244. The highest BCUT2D eigenvalue weighted by atomic mass is 19.1. The predicted octanol–water partition coefficient (Wildman–Crippen LogP) is 12.4. The predicted molar refractivity (Wildman–Crippen MR) is 466 cm³/mol. The Labute approximate surface area is 699 Å². The highest BCUT2D eigenvalue weighted by Crippen LogP contribution is 2.37. The number of nitrogens with two attached hydrogens (primary N) is 2. The topological polar surface area (TPSA) is 358 Å². The van der Waals surface area contributed by atoms with Crippen molar-refractivity contribution in [3.8, 4) is 56.5 Å². The third-order valence-corrected chi connectivity index (χ3v) is 21.7. The van der Waals surface area contributed by atoms with Gasteiger partial charge in [0.25, 0.3) is 0 Å². The molecule has 8 aromatic carbocycles. The summed E-state index contributed by atoms with van der Waals surface area (Å²) in [5.41, 5.74) is 32.1. The molecule has 13 heterocycles. The van der Waals surface area contributed by atoms with Gasteiger partial charge in [-0.25, -0.2) is 44.3 Å². The molecule has 0 radical (unpaired) electrons. The number of morpholine rings is 4. The number of rotatable bonds is 16. The zero-order valence-electron chi connectivity index (χ0n) is 67.2. The van der Waals surface area contributed by atoms with E-state index in [1.54, 1.807) is 42.7 Å². The van der Waals surface area contributed by atoms with Crippen molar-refractivity contribution in [3.63, 3.8) is 0 Å². The molecular weight excluding hydrogens is 1550 g/mol. The number of nitrogen functional groups attached to an aromatic ring is 2. The Kier molecular flexibility index (Phi) is 23.0. The number of aromatic hydroxyl groups is 2. The lowest BCUT2D eigenvalue weighted by Gasteiger charge is -2.27. The van der Waals surface area contributed by atoms with Crippen molar-refractivity contribution in [1.29, 1.82) is 0 Å². The van der Waals surface area contributed by atoms with Crippen LogP contribution in [0.3, 0.4) is 0 Å². The van der Waals surface area contributed by atoms with Crippen LogP contribution in [0.4, 0.5) is 39.6 Å². The minimum atomic E-state index is -0.261. The molecule has 7 N–H and O–H groups in total. The van der Waals surface area contributed by atoms with Crippen molar-refractivity contribution in [1.82, 2.24) is 93.5 Å². The number of hydrogen-bond donors (Lipinski definition) is 5. The molecule has 0 saturated carbocycles. The van der Waals surface area contributed by atoms with E-state index < -0.39 is 0 Å². The first kappa shape index (κ1) is 78.7. The van der Waals surface area contributed by atoms with E-state index in [1.807, 2.05) is 140 Å². The number of H-pyrrole nitrogens is 1. The summed E-state index contributed by atoms with van der Waals surface area (Å²) < 4.78 is 44.0. The maximum absolute atomic E-state index is 13.9. The van der Waals surface area contributed by atoms with Gasteiger partial charge in [-0.3, -0.25) is 0 Å². The monoisotopic (exact) mass is 1630 g/mol. The number of nitrogens with one attached hydrogen (secondary N) is 1. The molecule has 0 bridgehead atoms. The lowest BCUT2D eigenvalue weighted by molar-refractivity contribution is 0.122. The Morgan fingerprint density at radius 1 is 0.377 bits per heavy atom. The largest absolute Gasteiger partial charge is 0.508 e. The van der Waals surface area contributed by atoms with Crippen LogP contribution in [0.1, 0.15) is 40.8 Å². The first-order chi connectivity index (χ1) is 59.8. The second kappa shape index (κ2) is 35.6. The van der Waals surface area contributed by atoms with E-state index >= 15 is 0 Å². The average molecular weight is 1630 g/mol. The second-order valence-corrected chi connectivity index (χ2v) is 30.0. The van der Waals surface area contributed by atoms with Gasteiger partial charge in [0.2, 0.25) is 23.8 Å². The first-order valence-corrected chi connectivity index (χ1v) is 40.5. The van der Waals surface area contributed by atoms with E-state index in [-0.39, 0.29) is 23.4 Å². The van der Waals surface area contributed by atoms with Crippen molar-refractivity contribution in [2.45, 2.75) is 39.5 Å². The van der Waals surface area contributed by atoms with Crippen LogP contribution in [-0.2, 0) is 38.6 Å². The van der Waals surface area contributed by atoms with Gasteiger partial charge >= 0.3 is 0 Å². The standard InChI is InChI=1S/C23H22FN5O2.C23H23N5O2.C22H20N8O.C22H23N7O/c1-15-9-16(11-18(24)10-15)13-29-14-25-21-20(17-3-2-4-19(30)12-17)26-23(27-22(21)29)28-5-7-31-8-6-28;1-16(17-6-3-2-4-7-17)28-15-24-21-20(18-8-5-9-19(29)14-18)25-23(26-22(21)28)27-10-12-30-13-11-27;1-2-4-15(5-3-1)13-30-14-23-20-19(16-6-7-17-18(12-16)27-28-26-17)24-22(25-21(20)30)29-8-10-31-11-9-29;23-17-7-6-16(12-18(17)24)19-20-21(27-22(26-19)28-8-10-30-11-9-28)29(14-25-20)13-15-4-2-1-3-5-15/h2-4,9-12,14,30H,5-8,13H2,1H3;2-9,14-16,29H,10-13H2,1H3;1-7,12,14H,8-11,13H2,(H,26,27,28);1-7,12,14H,8-11,13,23-24H2. The van der Waals surface area contributed by atoms with E-state index in [9.17, 15) is 14.6 Å². The molecule has 21 rings (SSSR count). The van der Waals surface area contributed by atoms with Crippen molar-refractivity contribution >= 4 is 90.9 Å². The lowest BCUT2D eigenvalue weighted by atomic mass is 10.1. The highest BCUT2D eigenvalue weighted by molar-refractivity contribution is 5.94. The normalized spacial score (nSPS) is 14.6. The Hall–Kier alpha value is -14.5. The summed E-state index contributed by atoms with van der Waals surface area (Å²) >= 11 is 0. The molecule has 0 aliphatic carbocycles. The minimum Gasteiger partial charge on any atom is -0.508 e. The van der Waals surface area contributed by atoms with Gasteiger partial charge in [0.1, 0.15) is 73.2 Å². The van der Waals surface area contributed by atoms with E-state index in [0.29, 0.717) is 138 Å². The fourth-order valence-electron chi connectivity index (χ4n) is 15.3. The van der Waals surface area contributed by atoms with Crippen molar-refractivity contribution < 1.29 is 33.6 Å². The summed E-state index contributed by atoms with van der Waals surface area (Å²) in [7, 11) is 0. The second-order valence-electron chi connectivity index (χ2n) is 30.0. The number of imidazole rings is 4. The van der Waals surface area contributed by atoms with Crippen LogP contribution >= 0.6 is 0 Å². The van der Waals surface area contributed by atoms with Crippen LogP contribution in [0.15, 0.2) is 219 Å². The number of ether oxygens (including phenoxy) is 4. The van der Waals surface area contributed by atoms with Crippen LogP contribution < -0.4 is 31.1 Å².